The van der Waals surface area contributed by atoms with Gasteiger partial charge < -0.3 is 10.0 Å². The maximum absolute atomic E-state index is 9.65. The Labute approximate surface area is 171 Å². The van der Waals surface area contributed by atoms with Gasteiger partial charge in [-0.1, -0.05) is 37.5 Å². The van der Waals surface area contributed by atoms with Gasteiger partial charge in [0, 0.05) is 63.6 Å². The zero-order chi connectivity index (χ0) is 19.2. The van der Waals surface area contributed by atoms with Gasteiger partial charge in [-0.2, -0.15) is 0 Å². The van der Waals surface area contributed by atoms with Gasteiger partial charge in [-0.25, -0.2) is 0 Å². The van der Waals surface area contributed by atoms with Crippen molar-refractivity contribution in [2.45, 2.75) is 63.5 Å². The van der Waals surface area contributed by atoms with Crippen LogP contribution in [0.1, 0.15) is 51.4 Å². The molecule has 156 valence electrons. The number of hydrogen-bond donors (Lipinski definition) is 1. The molecular weight excluding hydrogens is 346 g/mol. The van der Waals surface area contributed by atoms with E-state index in [1.807, 2.05) is 0 Å². The topological polar surface area (TPSA) is 30.0 Å². The van der Waals surface area contributed by atoms with Crippen molar-refractivity contribution in [3.63, 3.8) is 0 Å². The number of piperazine rings is 1. The first-order valence-corrected chi connectivity index (χ1v) is 11.7. The number of benzene rings is 1. The van der Waals surface area contributed by atoms with Crippen LogP contribution >= 0.6 is 0 Å². The van der Waals surface area contributed by atoms with Crippen LogP contribution in [0.4, 0.5) is 5.69 Å². The Morgan fingerprint density at radius 3 is 2.32 bits per heavy atom. The summed E-state index contributed by atoms with van der Waals surface area (Å²) in [6, 6.07) is 12.1. The molecule has 1 atom stereocenters. The van der Waals surface area contributed by atoms with Crippen molar-refractivity contribution in [2.24, 2.45) is 5.92 Å². The van der Waals surface area contributed by atoms with Gasteiger partial charge in [-0.3, -0.25) is 9.80 Å². The fourth-order valence-electron chi connectivity index (χ4n) is 5.74. The number of piperidine rings is 1. The maximum atomic E-state index is 9.65. The second-order valence-corrected chi connectivity index (χ2v) is 9.21. The number of aliphatic hydroxyl groups excluding tert-OH is 1. The molecule has 2 saturated heterocycles. The predicted molar refractivity (Wildman–Crippen MR) is 117 cm³/mol. The summed E-state index contributed by atoms with van der Waals surface area (Å²) in [6.07, 6.45) is 10.6. The van der Waals surface area contributed by atoms with E-state index in [9.17, 15) is 5.11 Å². The predicted octanol–water partition coefficient (Wildman–Crippen LogP) is 3.60. The quantitative estimate of drug-likeness (QED) is 0.810. The molecule has 28 heavy (non-hydrogen) atoms. The number of aliphatic hydroxyl groups is 1. The molecule has 1 N–H and O–H groups in total. The van der Waals surface area contributed by atoms with Gasteiger partial charge in [-0.05, 0) is 50.2 Å². The lowest BCUT2D eigenvalue weighted by molar-refractivity contribution is 0.0184. The standard InChI is InChI=1S/C24H39N3O/c28-18-13-24-20-27(17-16-26(24)19-21-7-3-1-4-8-21)23-11-14-25(15-12-23)22-9-5-2-6-10-22/h2,5-6,9-10,21,23-24,28H,1,3-4,7-8,11-20H2. The Morgan fingerprint density at radius 1 is 0.857 bits per heavy atom. The SMILES string of the molecule is OCCC1CN(C2CCN(c3ccccc3)CC2)CCN1CC1CCCCC1. The minimum atomic E-state index is 0.326. The summed E-state index contributed by atoms with van der Waals surface area (Å²) in [5, 5.41) is 9.65. The molecule has 0 radical (unpaired) electrons. The average Bonchev–Trinajstić information content (AvgIpc) is 2.77. The number of anilines is 1. The van der Waals surface area contributed by atoms with Crippen LogP contribution < -0.4 is 4.90 Å². The summed E-state index contributed by atoms with van der Waals surface area (Å²) in [5.74, 6) is 0.899. The van der Waals surface area contributed by atoms with E-state index in [1.165, 1.54) is 83.4 Å². The third kappa shape index (κ3) is 5.08. The Hall–Kier alpha value is -1.10. The van der Waals surface area contributed by atoms with Crippen LogP contribution in [0.5, 0.6) is 0 Å². The van der Waals surface area contributed by atoms with Crippen LogP contribution in [-0.2, 0) is 0 Å². The van der Waals surface area contributed by atoms with Crippen LogP contribution in [0.2, 0.25) is 0 Å². The molecule has 0 spiro atoms. The second-order valence-electron chi connectivity index (χ2n) is 9.21. The van der Waals surface area contributed by atoms with E-state index in [4.69, 9.17) is 0 Å². The Bertz CT molecular complexity index is 566. The summed E-state index contributed by atoms with van der Waals surface area (Å²) in [7, 11) is 0. The first kappa shape index (κ1) is 20.2. The lowest BCUT2D eigenvalue weighted by atomic mass is 9.88. The number of hydrogen-bond acceptors (Lipinski definition) is 4. The van der Waals surface area contributed by atoms with Crippen molar-refractivity contribution in [1.29, 1.82) is 0 Å². The van der Waals surface area contributed by atoms with Crippen LogP contribution in [0.25, 0.3) is 0 Å². The Balaban J connectivity index is 1.29. The number of para-hydroxylation sites is 1. The lowest BCUT2D eigenvalue weighted by Crippen LogP contribution is -2.58. The highest BCUT2D eigenvalue weighted by Crippen LogP contribution is 2.28. The molecule has 0 amide bonds. The van der Waals surface area contributed by atoms with E-state index in [-0.39, 0.29) is 0 Å². The van der Waals surface area contributed by atoms with Gasteiger partial charge >= 0.3 is 0 Å². The average molecular weight is 386 g/mol. The van der Waals surface area contributed by atoms with Gasteiger partial charge in [0.05, 0.1) is 0 Å². The van der Waals surface area contributed by atoms with Crippen molar-refractivity contribution in [3.8, 4) is 0 Å². The van der Waals surface area contributed by atoms with Gasteiger partial charge in [0.25, 0.3) is 0 Å². The van der Waals surface area contributed by atoms with Crippen molar-refractivity contribution < 1.29 is 5.11 Å². The van der Waals surface area contributed by atoms with Gasteiger partial charge in [0.2, 0.25) is 0 Å². The molecule has 2 heterocycles. The highest BCUT2D eigenvalue weighted by atomic mass is 16.3. The van der Waals surface area contributed by atoms with Crippen molar-refractivity contribution in [3.05, 3.63) is 30.3 Å². The zero-order valence-electron chi connectivity index (χ0n) is 17.5. The largest absolute Gasteiger partial charge is 0.396 e. The van der Waals surface area contributed by atoms with E-state index in [1.54, 1.807) is 0 Å². The molecule has 4 nitrogen and oxygen atoms in total. The smallest absolute Gasteiger partial charge is 0.0446 e. The molecule has 1 aromatic carbocycles. The molecule has 4 heteroatoms. The summed E-state index contributed by atoms with van der Waals surface area (Å²) in [6.45, 7) is 7.49. The maximum Gasteiger partial charge on any atom is 0.0446 e. The Morgan fingerprint density at radius 2 is 1.61 bits per heavy atom. The number of nitrogens with zero attached hydrogens (tertiary/aromatic N) is 3. The van der Waals surface area contributed by atoms with Crippen LogP contribution in [0.3, 0.4) is 0 Å². The summed E-state index contributed by atoms with van der Waals surface area (Å²) < 4.78 is 0. The lowest BCUT2D eigenvalue weighted by Gasteiger charge is -2.47. The van der Waals surface area contributed by atoms with E-state index >= 15 is 0 Å². The molecule has 2 aliphatic heterocycles. The van der Waals surface area contributed by atoms with Gasteiger partial charge in [-0.15, -0.1) is 0 Å². The Kier molecular flexibility index (Phi) is 7.27. The highest BCUT2D eigenvalue weighted by molar-refractivity contribution is 5.46. The third-order valence-electron chi connectivity index (χ3n) is 7.42. The summed E-state index contributed by atoms with van der Waals surface area (Å²) in [4.78, 5) is 8.02. The molecule has 1 aliphatic carbocycles. The molecule has 1 saturated carbocycles. The van der Waals surface area contributed by atoms with Crippen LogP contribution in [0, 0.1) is 5.92 Å². The fourth-order valence-corrected chi connectivity index (χ4v) is 5.74. The molecule has 0 bridgehead atoms. The van der Waals surface area contributed by atoms with E-state index in [0.717, 1.165) is 24.9 Å². The van der Waals surface area contributed by atoms with Crippen LogP contribution in [-0.4, -0.2) is 72.9 Å². The minimum absolute atomic E-state index is 0.326. The third-order valence-corrected chi connectivity index (χ3v) is 7.42. The molecule has 0 aromatic heterocycles. The molecular formula is C24H39N3O. The van der Waals surface area contributed by atoms with Crippen LogP contribution in [0.15, 0.2) is 30.3 Å². The monoisotopic (exact) mass is 385 g/mol. The van der Waals surface area contributed by atoms with E-state index in [2.05, 4.69) is 45.0 Å². The first-order chi connectivity index (χ1) is 13.8. The molecule has 3 aliphatic rings. The van der Waals surface area contributed by atoms with Crippen molar-refractivity contribution >= 4 is 5.69 Å². The van der Waals surface area contributed by atoms with Gasteiger partial charge in [0.1, 0.15) is 0 Å². The summed E-state index contributed by atoms with van der Waals surface area (Å²) in [5.41, 5.74) is 1.37. The summed E-state index contributed by atoms with van der Waals surface area (Å²) >= 11 is 0. The second kappa shape index (κ2) is 10.1. The number of rotatable bonds is 6. The molecule has 3 fully saturated rings. The van der Waals surface area contributed by atoms with Gasteiger partial charge in [0.15, 0.2) is 0 Å². The van der Waals surface area contributed by atoms with E-state index in [0.29, 0.717) is 12.6 Å². The first-order valence-electron chi connectivity index (χ1n) is 11.7. The molecule has 4 rings (SSSR count). The molecule has 1 aromatic rings. The molecule has 1 unspecified atom stereocenters. The van der Waals surface area contributed by atoms with E-state index < -0.39 is 0 Å². The normalized spacial score (nSPS) is 26.6. The van der Waals surface area contributed by atoms with Crippen molar-refractivity contribution in [1.82, 2.24) is 9.80 Å². The van der Waals surface area contributed by atoms with Crippen molar-refractivity contribution in [2.75, 3.05) is 50.8 Å². The minimum Gasteiger partial charge on any atom is -0.396 e. The zero-order valence-corrected chi connectivity index (χ0v) is 17.5. The highest BCUT2D eigenvalue weighted by Gasteiger charge is 2.33. The fraction of sp³-hybridized carbons (Fsp3) is 0.750.